The van der Waals surface area contributed by atoms with Crippen LogP contribution in [-0.4, -0.2) is 40.1 Å². The summed E-state index contributed by atoms with van der Waals surface area (Å²) in [6.45, 7) is 1.02. The van der Waals surface area contributed by atoms with E-state index in [0.717, 1.165) is 25.8 Å². The number of H-pyrrole nitrogens is 1. The van der Waals surface area contributed by atoms with Crippen molar-refractivity contribution < 1.29 is 9.90 Å². The Bertz CT molecular complexity index is 317. The summed E-state index contributed by atoms with van der Waals surface area (Å²) in [4.78, 5) is 15.7. The molecule has 1 fully saturated rings. The lowest BCUT2D eigenvalue weighted by molar-refractivity contribution is -0.138. The Labute approximate surface area is 88.9 Å². The van der Waals surface area contributed by atoms with Gasteiger partial charge >= 0.3 is 5.97 Å². The van der Waals surface area contributed by atoms with Crippen LogP contribution >= 0.6 is 0 Å². The van der Waals surface area contributed by atoms with Crippen molar-refractivity contribution in [3.63, 3.8) is 0 Å². The molecule has 1 aliphatic rings. The molecule has 2 rings (SSSR count). The second kappa shape index (κ2) is 4.49. The van der Waals surface area contributed by atoms with Crippen molar-refractivity contribution in [1.82, 2.24) is 9.88 Å². The van der Waals surface area contributed by atoms with Crippen molar-refractivity contribution in [2.45, 2.75) is 25.3 Å². The molecule has 1 aromatic rings. The highest BCUT2D eigenvalue weighted by Gasteiger charge is 2.29. The van der Waals surface area contributed by atoms with Crippen molar-refractivity contribution in [2.24, 2.45) is 0 Å². The Morgan fingerprint density at radius 3 is 2.93 bits per heavy atom. The van der Waals surface area contributed by atoms with E-state index in [1.807, 2.05) is 18.5 Å². The van der Waals surface area contributed by atoms with Gasteiger partial charge in [-0.05, 0) is 30.9 Å². The number of carboxylic acid groups (broad SMARTS) is 1. The molecule has 4 nitrogen and oxygen atoms in total. The van der Waals surface area contributed by atoms with Crippen molar-refractivity contribution >= 4 is 5.97 Å². The van der Waals surface area contributed by atoms with Gasteiger partial charge < -0.3 is 10.1 Å². The summed E-state index contributed by atoms with van der Waals surface area (Å²) >= 11 is 0. The van der Waals surface area contributed by atoms with E-state index >= 15 is 0 Å². The number of hydrogen-bond acceptors (Lipinski definition) is 2. The third kappa shape index (κ3) is 3.09. The van der Waals surface area contributed by atoms with Crippen LogP contribution in [0.25, 0.3) is 0 Å². The van der Waals surface area contributed by atoms with E-state index in [-0.39, 0.29) is 6.54 Å². The van der Waals surface area contributed by atoms with E-state index < -0.39 is 5.97 Å². The molecule has 15 heavy (non-hydrogen) atoms. The second-order valence-electron chi connectivity index (χ2n) is 4.06. The summed E-state index contributed by atoms with van der Waals surface area (Å²) in [6.07, 6.45) is 7.09. The largest absolute Gasteiger partial charge is 0.480 e. The number of aromatic nitrogens is 1. The predicted octanol–water partition coefficient (Wildman–Crippen LogP) is 1.11. The molecule has 0 aliphatic heterocycles. The molecule has 0 spiro atoms. The number of carbonyl (C=O) groups is 1. The number of hydrogen-bond donors (Lipinski definition) is 2. The van der Waals surface area contributed by atoms with Crippen molar-refractivity contribution in [1.29, 1.82) is 0 Å². The first-order chi connectivity index (χ1) is 7.25. The maximum Gasteiger partial charge on any atom is 0.317 e. The molecule has 0 atom stereocenters. The Morgan fingerprint density at radius 2 is 2.40 bits per heavy atom. The monoisotopic (exact) mass is 208 g/mol. The van der Waals surface area contributed by atoms with Crippen LogP contribution in [0.2, 0.25) is 0 Å². The molecule has 1 aromatic heterocycles. The average Bonchev–Trinajstić information content (AvgIpc) is 2.90. The maximum absolute atomic E-state index is 10.7. The first kappa shape index (κ1) is 10.2. The van der Waals surface area contributed by atoms with Crippen LogP contribution in [-0.2, 0) is 11.2 Å². The molecule has 1 saturated carbocycles. The normalized spacial score (nSPS) is 15.8. The number of aliphatic carboxylic acids is 1. The number of rotatable bonds is 6. The highest BCUT2D eigenvalue weighted by molar-refractivity contribution is 5.69. The molecule has 0 amide bonds. The average molecular weight is 208 g/mol. The standard InChI is InChI=1S/C11H16N2O2/c14-11(15)8-13(10-1-2-10)6-4-9-3-5-12-7-9/h3,5,7,10,12H,1-2,4,6,8H2,(H,14,15). The van der Waals surface area contributed by atoms with Gasteiger partial charge in [0.1, 0.15) is 0 Å². The first-order valence-electron chi connectivity index (χ1n) is 5.33. The van der Waals surface area contributed by atoms with Gasteiger partial charge in [0.15, 0.2) is 0 Å². The van der Waals surface area contributed by atoms with Crippen molar-refractivity contribution in [3.05, 3.63) is 24.0 Å². The molecular formula is C11H16N2O2. The summed E-state index contributed by atoms with van der Waals surface area (Å²) in [7, 11) is 0. The zero-order valence-corrected chi connectivity index (χ0v) is 8.65. The van der Waals surface area contributed by atoms with Crippen molar-refractivity contribution in [2.75, 3.05) is 13.1 Å². The van der Waals surface area contributed by atoms with Gasteiger partial charge in [-0.25, -0.2) is 0 Å². The topological polar surface area (TPSA) is 56.3 Å². The van der Waals surface area contributed by atoms with Crippen LogP contribution < -0.4 is 0 Å². The van der Waals surface area contributed by atoms with Crippen LogP contribution in [0.4, 0.5) is 0 Å². The van der Waals surface area contributed by atoms with E-state index in [4.69, 9.17) is 5.11 Å². The Kier molecular flexibility index (Phi) is 3.06. The number of nitrogens with zero attached hydrogens (tertiary/aromatic N) is 1. The molecule has 0 aromatic carbocycles. The Balaban J connectivity index is 1.81. The lowest BCUT2D eigenvalue weighted by atomic mass is 10.2. The SMILES string of the molecule is O=C(O)CN(CCc1cc[nH]c1)C1CC1. The summed E-state index contributed by atoms with van der Waals surface area (Å²) in [5.74, 6) is -0.726. The summed E-state index contributed by atoms with van der Waals surface area (Å²) < 4.78 is 0. The summed E-state index contributed by atoms with van der Waals surface area (Å²) in [5.41, 5.74) is 1.24. The summed E-state index contributed by atoms with van der Waals surface area (Å²) in [6, 6.07) is 2.55. The molecule has 1 heterocycles. The van der Waals surface area contributed by atoms with Crippen LogP contribution in [0.5, 0.6) is 0 Å². The fourth-order valence-electron chi connectivity index (χ4n) is 1.79. The molecule has 0 saturated heterocycles. The third-order valence-electron chi connectivity index (χ3n) is 2.75. The van der Waals surface area contributed by atoms with Crippen molar-refractivity contribution in [3.8, 4) is 0 Å². The van der Waals surface area contributed by atoms with Gasteiger partial charge in [0.2, 0.25) is 0 Å². The van der Waals surface area contributed by atoms with Gasteiger partial charge in [0.25, 0.3) is 0 Å². The minimum absolute atomic E-state index is 0.176. The van der Waals surface area contributed by atoms with Crippen LogP contribution in [0.3, 0.4) is 0 Å². The highest BCUT2D eigenvalue weighted by atomic mass is 16.4. The minimum Gasteiger partial charge on any atom is -0.480 e. The molecule has 2 N–H and O–H groups in total. The quantitative estimate of drug-likeness (QED) is 0.736. The zero-order valence-electron chi connectivity index (χ0n) is 8.65. The van der Waals surface area contributed by atoms with E-state index in [1.54, 1.807) is 0 Å². The number of nitrogens with one attached hydrogen (secondary N) is 1. The molecule has 0 bridgehead atoms. The number of carboxylic acids is 1. The minimum atomic E-state index is -0.726. The maximum atomic E-state index is 10.7. The lowest BCUT2D eigenvalue weighted by Gasteiger charge is -2.18. The molecule has 1 aliphatic carbocycles. The Morgan fingerprint density at radius 1 is 1.60 bits per heavy atom. The Hall–Kier alpha value is -1.29. The summed E-state index contributed by atoms with van der Waals surface area (Å²) in [5, 5.41) is 8.77. The van der Waals surface area contributed by atoms with E-state index in [2.05, 4.69) is 9.88 Å². The van der Waals surface area contributed by atoms with Gasteiger partial charge in [-0.1, -0.05) is 0 Å². The van der Waals surface area contributed by atoms with Gasteiger partial charge in [0, 0.05) is 25.0 Å². The lowest BCUT2D eigenvalue weighted by Crippen LogP contribution is -2.33. The van der Waals surface area contributed by atoms with E-state index in [0.29, 0.717) is 6.04 Å². The fraction of sp³-hybridized carbons (Fsp3) is 0.545. The molecule has 82 valence electrons. The molecule has 4 heteroatoms. The van der Waals surface area contributed by atoms with Crippen LogP contribution in [0, 0.1) is 0 Å². The van der Waals surface area contributed by atoms with E-state index in [9.17, 15) is 4.79 Å². The van der Waals surface area contributed by atoms with E-state index in [1.165, 1.54) is 5.56 Å². The molecular weight excluding hydrogens is 192 g/mol. The van der Waals surface area contributed by atoms with Gasteiger partial charge in [0.05, 0.1) is 6.54 Å². The second-order valence-corrected chi connectivity index (χ2v) is 4.06. The predicted molar refractivity (Wildman–Crippen MR) is 56.7 cm³/mol. The zero-order chi connectivity index (χ0) is 10.7. The third-order valence-corrected chi connectivity index (χ3v) is 2.75. The fourth-order valence-corrected chi connectivity index (χ4v) is 1.79. The van der Waals surface area contributed by atoms with Crippen LogP contribution in [0.15, 0.2) is 18.5 Å². The number of aromatic amines is 1. The van der Waals surface area contributed by atoms with Gasteiger partial charge in [-0.15, -0.1) is 0 Å². The van der Waals surface area contributed by atoms with Crippen LogP contribution in [0.1, 0.15) is 18.4 Å². The molecule has 0 unspecified atom stereocenters. The highest BCUT2D eigenvalue weighted by Crippen LogP contribution is 2.26. The van der Waals surface area contributed by atoms with Gasteiger partial charge in [-0.3, -0.25) is 9.69 Å². The smallest absolute Gasteiger partial charge is 0.317 e. The first-order valence-corrected chi connectivity index (χ1v) is 5.33. The van der Waals surface area contributed by atoms with Gasteiger partial charge in [-0.2, -0.15) is 0 Å². The molecule has 0 radical (unpaired) electrons.